The number of benzene rings is 1. The van der Waals surface area contributed by atoms with Gasteiger partial charge in [0.2, 0.25) is 0 Å². The lowest BCUT2D eigenvalue weighted by Crippen LogP contribution is -1.97. The Hall–Kier alpha value is -2.21. The molecular formula is C15H14N2O3S. The summed E-state index contributed by atoms with van der Waals surface area (Å²) in [5.41, 5.74) is 1.80. The van der Waals surface area contributed by atoms with Gasteiger partial charge in [0.05, 0.1) is 31.4 Å². The van der Waals surface area contributed by atoms with E-state index in [0.29, 0.717) is 13.2 Å². The van der Waals surface area contributed by atoms with E-state index in [4.69, 9.17) is 14.2 Å². The summed E-state index contributed by atoms with van der Waals surface area (Å²) in [5, 5.41) is 1.99. The molecule has 0 atom stereocenters. The lowest BCUT2D eigenvalue weighted by atomic mass is 10.3. The predicted octanol–water partition coefficient (Wildman–Crippen LogP) is 3.46. The summed E-state index contributed by atoms with van der Waals surface area (Å²) in [6.45, 7) is 1.35. The molecule has 6 heteroatoms. The van der Waals surface area contributed by atoms with Crippen molar-refractivity contribution < 1.29 is 14.2 Å². The van der Waals surface area contributed by atoms with E-state index in [9.17, 15) is 0 Å². The summed E-state index contributed by atoms with van der Waals surface area (Å²) in [6, 6.07) is 5.82. The van der Waals surface area contributed by atoms with Crippen LogP contribution in [-0.2, 0) is 0 Å². The number of methoxy groups -OCH3 is 1. The van der Waals surface area contributed by atoms with Crippen molar-refractivity contribution in [2.24, 2.45) is 0 Å². The van der Waals surface area contributed by atoms with Crippen LogP contribution in [0.15, 0.2) is 23.6 Å². The molecule has 5 nitrogen and oxygen atoms in total. The van der Waals surface area contributed by atoms with Gasteiger partial charge in [-0.15, -0.1) is 11.3 Å². The fraction of sp³-hybridized carbons (Fsp3) is 0.267. The summed E-state index contributed by atoms with van der Waals surface area (Å²) in [6.07, 6.45) is 0.897. The number of hydrogen-bond acceptors (Lipinski definition) is 5. The molecule has 0 spiro atoms. The second-order valence-electron chi connectivity index (χ2n) is 4.77. The van der Waals surface area contributed by atoms with Crippen LogP contribution in [0.2, 0.25) is 0 Å². The summed E-state index contributed by atoms with van der Waals surface area (Å²) >= 11 is 1.60. The SMILES string of the molecule is COc1ccsc1-c1nc2cc3c(cc2[nH]1)OCCCO3. The molecule has 0 saturated carbocycles. The molecule has 0 amide bonds. The van der Waals surface area contributed by atoms with Gasteiger partial charge in [-0.1, -0.05) is 0 Å². The smallest absolute Gasteiger partial charge is 0.163 e. The van der Waals surface area contributed by atoms with Crippen LogP contribution in [-0.4, -0.2) is 30.3 Å². The van der Waals surface area contributed by atoms with Crippen molar-refractivity contribution in [3.8, 4) is 28.0 Å². The van der Waals surface area contributed by atoms with Crippen molar-refractivity contribution in [1.82, 2.24) is 9.97 Å². The fourth-order valence-corrected chi connectivity index (χ4v) is 3.21. The minimum absolute atomic E-state index is 0.675. The molecule has 1 aliphatic heterocycles. The van der Waals surface area contributed by atoms with E-state index in [-0.39, 0.29) is 0 Å². The number of aromatic nitrogens is 2. The normalized spacial score (nSPS) is 14.1. The highest BCUT2D eigenvalue weighted by Crippen LogP contribution is 2.37. The maximum atomic E-state index is 5.71. The van der Waals surface area contributed by atoms with E-state index >= 15 is 0 Å². The van der Waals surface area contributed by atoms with Crippen LogP contribution in [0.1, 0.15) is 6.42 Å². The van der Waals surface area contributed by atoms with Gasteiger partial charge in [-0.25, -0.2) is 4.98 Å². The second kappa shape index (κ2) is 4.96. The maximum Gasteiger partial charge on any atom is 0.163 e. The van der Waals surface area contributed by atoms with Gasteiger partial charge in [-0.2, -0.15) is 0 Å². The number of hydrogen-bond donors (Lipinski definition) is 1. The summed E-state index contributed by atoms with van der Waals surface area (Å²) in [7, 11) is 1.66. The van der Waals surface area contributed by atoms with Gasteiger partial charge < -0.3 is 19.2 Å². The van der Waals surface area contributed by atoms with E-state index in [2.05, 4.69) is 9.97 Å². The first kappa shape index (κ1) is 12.5. The molecule has 4 rings (SSSR count). The zero-order chi connectivity index (χ0) is 14.2. The predicted molar refractivity (Wildman–Crippen MR) is 81.6 cm³/mol. The molecule has 1 aliphatic rings. The Morgan fingerprint density at radius 1 is 1.24 bits per heavy atom. The number of nitrogens with one attached hydrogen (secondary N) is 1. The summed E-state index contributed by atoms with van der Waals surface area (Å²) in [5.74, 6) is 3.16. The van der Waals surface area contributed by atoms with E-state index in [1.165, 1.54) is 0 Å². The van der Waals surface area contributed by atoms with Crippen molar-refractivity contribution in [2.45, 2.75) is 6.42 Å². The van der Waals surface area contributed by atoms with E-state index in [0.717, 1.165) is 45.4 Å². The van der Waals surface area contributed by atoms with Gasteiger partial charge in [-0.05, 0) is 11.4 Å². The first-order chi connectivity index (χ1) is 10.3. The van der Waals surface area contributed by atoms with Gasteiger partial charge >= 0.3 is 0 Å². The molecule has 1 aromatic carbocycles. The highest BCUT2D eigenvalue weighted by molar-refractivity contribution is 7.13. The number of aromatic amines is 1. The molecule has 0 unspecified atom stereocenters. The average Bonchev–Trinajstić information content (AvgIpc) is 3.05. The molecule has 2 aromatic heterocycles. The number of imidazole rings is 1. The van der Waals surface area contributed by atoms with Crippen LogP contribution in [0.5, 0.6) is 17.2 Å². The monoisotopic (exact) mass is 302 g/mol. The highest BCUT2D eigenvalue weighted by atomic mass is 32.1. The highest BCUT2D eigenvalue weighted by Gasteiger charge is 2.16. The van der Waals surface area contributed by atoms with Crippen LogP contribution in [0, 0.1) is 0 Å². The van der Waals surface area contributed by atoms with Crippen molar-refractivity contribution in [2.75, 3.05) is 20.3 Å². The Kier molecular flexibility index (Phi) is 2.96. The van der Waals surface area contributed by atoms with Gasteiger partial charge in [0.15, 0.2) is 17.3 Å². The fourth-order valence-electron chi connectivity index (χ4n) is 2.40. The molecule has 0 fully saturated rings. The Labute approximate surface area is 125 Å². The first-order valence-electron chi connectivity index (χ1n) is 6.76. The minimum Gasteiger partial charge on any atom is -0.495 e. The van der Waals surface area contributed by atoms with E-state index in [1.54, 1.807) is 18.4 Å². The number of nitrogens with zero attached hydrogens (tertiary/aromatic N) is 1. The quantitative estimate of drug-likeness (QED) is 0.787. The van der Waals surface area contributed by atoms with Gasteiger partial charge in [0.25, 0.3) is 0 Å². The Balaban J connectivity index is 1.83. The molecule has 1 N–H and O–H groups in total. The second-order valence-corrected chi connectivity index (χ2v) is 5.69. The molecule has 21 heavy (non-hydrogen) atoms. The molecule has 0 bridgehead atoms. The van der Waals surface area contributed by atoms with Gasteiger partial charge in [0, 0.05) is 18.6 Å². The lowest BCUT2D eigenvalue weighted by Gasteiger charge is -2.05. The standard InChI is InChI=1S/C15H14N2O3S/c1-18-11-3-6-21-14(11)15-16-9-7-12-13(8-10(9)17-15)20-5-2-4-19-12/h3,6-8H,2,4-5H2,1H3,(H,16,17). The number of H-pyrrole nitrogens is 1. The third kappa shape index (κ3) is 2.12. The van der Waals surface area contributed by atoms with Crippen molar-refractivity contribution in [3.63, 3.8) is 0 Å². The Bertz CT molecular complexity index is 750. The number of rotatable bonds is 2. The Morgan fingerprint density at radius 2 is 2.05 bits per heavy atom. The molecule has 108 valence electrons. The van der Waals surface area contributed by atoms with Gasteiger partial charge in [0.1, 0.15) is 10.6 Å². The minimum atomic E-state index is 0.675. The zero-order valence-electron chi connectivity index (χ0n) is 11.5. The summed E-state index contributed by atoms with van der Waals surface area (Å²) in [4.78, 5) is 8.96. The molecule has 0 radical (unpaired) electrons. The van der Waals surface area contributed by atoms with E-state index < -0.39 is 0 Å². The van der Waals surface area contributed by atoms with Gasteiger partial charge in [-0.3, -0.25) is 0 Å². The average molecular weight is 302 g/mol. The molecule has 0 aliphatic carbocycles. The van der Waals surface area contributed by atoms with E-state index in [1.807, 2.05) is 23.6 Å². The van der Waals surface area contributed by atoms with Crippen LogP contribution in [0.3, 0.4) is 0 Å². The maximum absolute atomic E-state index is 5.71. The molecule has 3 heterocycles. The number of thiophene rings is 1. The number of fused-ring (bicyclic) bond motifs is 2. The first-order valence-corrected chi connectivity index (χ1v) is 7.64. The Morgan fingerprint density at radius 3 is 2.86 bits per heavy atom. The van der Waals surface area contributed by atoms with Crippen LogP contribution < -0.4 is 14.2 Å². The molecular weight excluding hydrogens is 288 g/mol. The molecule has 3 aromatic rings. The number of ether oxygens (including phenoxy) is 3. The van der Waals surface area contributed by atoms with Crippen molar-refractivity contribution in [3.05, 3.63) is 23.6 Å². The van der Waals surface area contributed by atoms with Crippen LogP contribution in [0.4, 0.5) is 0 Å². The van der Waals surface area contributed by atoms with Crippen molar-refractivity contribution in [1.29, 1.82) is 0 Å². The third-order valence-corrected chi connectivity index (χ3v) is 4.32. The largest absolute Gasteiger partial charge is 0.495 e. The lowest BCUT2D eigenvalue weighted by molar-refractivity contribution is 0.297. The van der Waals surface area contributed by atoms with Crippen LogP contribution in [0.25, 0.3) is 21.7 Å². The van der Waals surface area contributed by atoms with Crippen molar-refractivity contribution >= 4 is 22.4 Å². The van der Waals surface area contributed by atoms with Crippen LogP contribution >= 0.6 is 11.3 Å². The molecule has 0 saturated heterocycles. The topological polar surface area (TPSA) is 56.4 Å². The third-order valence-electron chi connectivity index (χ3n) is 3.42. The summed E-state index contributed by atoms with van der Waals surface area (Å²) < 4.78 is 16.8. The zero-order valence-corrected chi connectivity index (χ0v) is 12.3.